The number of fused-ring (bicyclic) bond motifs is 1. The Morgan fingerprint density at radius 3 is 2.62 bits per heavy atom. The molecule has 2 aromatic heterocycles. The van der Waals surface area contributed by atoms with Gasteiger partial charge in [-0.05, 0) is 37.1 Å². The zero-order valence-electron chi connectivity index (χ0n) is 17.0. The van der Waals surface area contributed by atoms with Gasteiger partial charge < -0.3 is 10.3 Å². The zero-order chi connectivity index (χ0) is 22.9. The van der Waals surface area contributed by atoms with Gasteiger partial charge in [-0.25, -0.2) is 4.68 Å². The predicted octanol–water partition coefficient (Wildman–Crippen LogP) is 4.01. The summed E-state index contributed by atoms with van der Waals surface area (Å²) in [7, 11) is 0. The largest absolute Gasteiger partial charge is 0.418 e. The number of aromatic amines is 1. The molecule has 4 rings (SSSR count). The number of aryl methyl sites for hydroxylation is 1. The highest BCUT2D eigenvalue weighted by Gasteiger charge is 2.34. The van der Waals surface area contributed by atoms with Crippen LogP contribution < -0.4 is 10.7 Å². The van der Waals surface area contributed by atoms with Gasteiger partial charge in [0.15, 0.2) is 5.69 Å². The number of rotatable bonds is 5. The van der Waals surface area contributed by atoms with Crippen molar-refractivity contribution in [3.05, 3.63) is 93.5 Å². The number of alkyl halides is 3. The van der Waals surface area contributed by atoms with Gasteiger partial charge in [-0.3, -0.25) is 9.59 Å². The fraction of sp³-hybridized carbons (Fsp3) is 0.174. The van der Waals surface area contributed by atoms with Crippen molar-refractivity contribution >= 4 is 16.8 Å². The summed E-state index contributed by atoms with van der Waals surface area (Å²) in [5.41, 5.74) is -0.147. The minimum absolute atomic E-state index is 0.182. The fourth-order valence-electron chi connectivity index (χ4n) is 3.58. The van der Waals surface area contributed by atoms with Gasteiger partial charge in [0, 0.05) is 35.4 Å². The van der Waals surface area contributed by atoms with Gasteiger partial charge >= 0.3 is 6.18 Å². The highest BCUT2D eigenvalue weighted by Crippen LogP contribution is 2.33. The first-order chi connectivity index (χ1) is 15.3. The molecule has 2 heterocycles. The van der Waals surface area contributed by atoms with E-state index >= 15 is 0 Å². The molecule has 0 fully saturated rings. The number of aromatic nitrogens is 3. The number of hydrogen-bond donors (Lipinski definition) is 2. The van der Waals surface area contributed by atoms with E-state index in [2.05, 4.69) is 15.4 Å². The number of hydrogen-bond acceptors (Lipinski definition) is 3. The Kier molecular flexibility index (Phi) is 5.56. The van der Waals surface area contributed by atoms with Gasteiger partial charge in [0.1, 0.15) is 0 Å². The summed E-state index contributed by atoms with van der Waals surface area (Å²) in [6, 6.07) is 13.7. The van der Waals surface area contributed by atoms with E-state index in [1.807, 2.05) is 30.5 Å². The molecule has 9 heteroatoms. The smallest absolute Gasteiger partial charge is 0.361 e. The lowest BCUT2D eigenvalue weighted by molar-refractivity contribution is -0.137. The molecule has 1 amide bonds. The number of nitrogens with one attached hydrogen (secondary N) is 2. The maximum absolute atomic E-state index is 13.4. The SMILES string of the molecule is Cc1cc(=O)c(C(=O)NCCc2c[nH]c3ccccc23)nn1-c1ccccc1C(F)(F)F. The molecule has 6 nitrogen and oxygen atoms in total. The van der Waals surface area contributed by atoms with E-state index in [1.54, 1.807) is 0 Å². The molecule has 0 spiro atoms. The minimum Gasteiger partial charge on any atom is -0.361 e. The quantitative estimate of drug-likeness (QED) is 0.492. The van der Waals surface area contributed by atoms with Crippen LogP contribution in [-0.2, 0) is 12.6 Å². The molecule has 32 heavy (non-hydrogen) atoms. The molecular weight excluding hydrogens is 421 g/mol. The number of carbonyl (C=O) groups excluding carboxylic acids is 1. The van der Waals surface area contributed by atoms with Crippen LogP contribution in [0.4, 0.5) is 13.2 Å². The van der Waals surface area contributed by atoms with Crippen LogP contribution in [-0.4, -0.2) is 27.2 Å². The van der Waals surface area contributed by atoms with Crippen molar-refractivity contribution in [2.45, 2.75) is 19.5 Å². The molecule has 0 unspecified atom stereocenters. The van der Waals surface area contributed by atoms with E-state index in [4.69, 9.17) is 0 Å². The first kappa shape index (κ1) is 21.4. The summed E-state index contributed by atoms with van der Waals surface area (Å²) in [6.45, 7) is 1.69. The molecule has 0 aliphatic rings. The van der Waals surface area contributed by atoms with Crippen LogP contribution in [0.3, 0.4) is 0 Å². The predicted molar refractivity (Wildman–Crippen MR) is 114 cm³/mol. The molecular formula is C23H19F3N4O2. The first-order valence-corrected chi connectivity index (χ1v) is 9.86. The molecule has 0 aliphatic carbocycles. The van der Waals surface area contributed by atoms with E-state index in [0.29, 0.717) is 6.42 Å². The van der Waals surface area contributed by atoms with E-state index in [9.17, 15) is 22.8 Å². The number of halogens is 3. The molecule has 2 N–H and O–H groups in total. The Labute approximate surface area is 180 Å². The van der Waals surface area contributed by atoms with Gasteiger partial charge in [0.25, 0.3) is 5.91 Å². The van der Waals surface area contributed by atoms with Crippen LogP contribution in [0, 0.1) is 6.92 Å². The van der Waals surface area contributed by atoms with Gasteiger partial charge in [0.2, 0.25) is 5.43 Å². The van der Waals surface area contributed by atoms with Crippen LogP contribution in [0.1, 0.15) is 27.3 Å². The van der Waals surface area contributed by atoms with Gasteiger partial charge in [0.05, 0.1) is 11.3 Å². The summed E-state index contributed by atoms with van der Waals surface area (Å²) in [4.78, 5) is 28.1. The second-order valence-electron chi connectivity index (χ2n) is 7.29. The molecule has 0 aliphatic heterocycles. The number of H-pyrrole nitrogens is 1. The average Bonchev–Trinajstić information content (AvgIpc) is 3.16. The topological polar surface area (TPSA) is 79.8 Å². The Morgan fingerprint density at radius 2 is 1.84 bits per heavy atom. The lowest BCUT2D eigenvalue weighted by atomic mass is 10.1. The van der Waals surface area contributed by atoms with Gasteiger partial charge in [-0.1, -0.05) is 30.3 Å². The molecule has 0 saturated heterocycles. The number of para-hydroxylation sites is 2. The van der Waals surface area contributed by atoms with Crippen molar-refractivity contribution in [3.8, 4) is 5.69 Å². The van der Waals surface area contributed by atoms with Crippen LogP contribution in [0.2, 0.25) is 0 Å². The molecule has 0 atom stereocenters. The lowest BCUT2D eigenvalue weighted by Gasteiger charge is -2.16. The Morgan fingerprint density at radius 1 is 1.12 bits per heavy atom. The maximum Gasteiger partial charge on any atom is 0.418 e. The molecule has 164 valence electrons. The van der Waals surface area contributed by atoms with E-state index in [1.165, 1.54) is 25.1 Å². The summed E-state index contributed by atoms with van der Waals surface area (Å²) in [5.74, 6) is -0.743. The monoisotopic (exact) mass is 440 g/mol. The van der Waals surface area contributed by atoms with Crippen molar-refractivity contribution < 1.29 is 18.0 Å². The van der Waals surface area contributed by atoms with Gasteiger partial charge in [-0.15, -0.1) is 0 Å². The molecule has 2 aromatic carbocycles. The van der Waals surface area contributed by atoms with Crippen molar-refractivity contribution in [2.75, 3.05) is 6.54 Å². The normalized spacial score (nSPS) is 11.6. The standard InChI is InChI=1S/C23H19F3N4O2/c1-14-12-20(31)21(29-30(14)19-9-5-3-7-17(19)23(24,25)26)22(32)27-11-10-15-13-28-18-8-4-2-6-16(15)18/h2-9,12-13,28H,10-11H2,1H3,(H,27,32). The van der Waals surface area contributed by atoms with Gasteiger partial charge in [-0.2, -0.15) is 18.3 Å². The molecule has 0 bridgehead atoms. The lowest BCUT2D eigenvalue weighted by Crippen LogP contribution is -2.33. The van der Waals surface area contributed by atoms with Crippen molar-refractivity contribution in [3.63, 3.8) is 0 Å². The van der Waals surface area contributed by atoms with Crippen molar-refractivity contribution in [1.29, 1.82) is 0 Å². The summed E-state index contributed by atoms with van der Waals surface area (Å²) in [6.07, 6.45) is -2.26. The summed E-state index contributed by atoms with van der Waals surface area (Å²) in [5, 5.41) is 7.63. The zero-order valence-corrected chi connectivity index (χ0v) is 17.0. The van der Waals surface area contributed by atoms with Crippen LogP contribution in [0.25, 0.3) is 16.6 Å². The van der Waals surface area contributed by atoms with Crippen molar-refractivity contribution in [1.82, 2.24) is 20.1 Å². The number of benzene rings is 2. The second-order valence-corrected chi connectivity index (χ2v) is 7.29. The number of amides is 1. The minimum atomic E-state index is -4.62. The summed E-state index contributed by atoms with van der Waals surface area (Å²) >= 11 is 0. The summed E-state index contributed by atoms with van der Waals surface area (Å²) < 4.78 is 41.3. The van der Waals surface area contributed by atoms with Crippen LogP contribution >= 0.6 is 0 Å². The molecule has 4 aromatic rings. The number of carbonyl (C=O) groups is 1. The third-order valence-corrected chi connectivity index (χ3v) is 5.11. The van der Waals surface area contributed by atoms with E-state index in [-0.39, 0.29) is 17.9 Å². The molecule has 0 saturated carbocycles. The third kappa shape index (κ3) is 4.14. The van der Waals surface area contributed by atoms with Crippen LogP contribution in [0.5, 0.6) is 0 Å². The van der Waals surface area contributed by atoms with E-state index < -0.39 is 28.8 Å². The second kappa shape index (κ2) is 8.33. The van der Waals surface area contributed by atoms with Crippen molar-refractivity contribution in [2.24, 2.45) is 0 Å². The fourth-order valence-corrected chi connectivity index (χ4v) is 3.58. The average molecular weight is 440 g/mol. The van der Waals surface area contributed by atoms with Crippen LogP contribution in [0.15, 0.2) is 65.6 Å². The first-order valence-electron chi connectivity index (χ1n) is 9.86. The Hall–Kier alpha value is -3.88. The number of nitrogens with zero attached hydrogens (tertiary/aromatic N) is 2. The Bertz CT molecular complexity index is 1360. The van der Waals surface area contributed by atoms with E-state index in [0.717, 1.165) is 33.3 Å². The maximum atomic E-state index is 13.4. The highest BCUT2D eigenvalue weighted by molar-refractivity contribution is 5.92. The molecule has 0 radical (unpaired) electrons. The third-order valence-electron chi connectivity index (χ3n) is 5.11. The highest BCUT2D eigenvalue weighted by atomic mass is 19.4. The Balaban J connectivity index is 1.58.